The van der Waals surface area contributed by atoms with Gasteiger partial charge in [-0.25, -0.2) is 8.78 Å². The largest absolute Gasteiger partial charge is 0.496 e. The molecular formula is C8H7F2NO2. The van der Waals surface area contributed by atoms with Gasteiger partial charge in [-0.15, -0.1) is 0 Å². The molecule has 0 amide bonds. The van der Waals surface area contributed by atoms with Crippen molar-refractivity contribution in [2.75, 3.05) is 7.11 Å². The van der Waals surface area contributed by atoms with Crippen molar-refractivity contribution in [1.29, 1.82) is 0 Å². The average Bonchev–Trinajstić information content (AvgIpc) is 2.14. The lowest BCUT2D eigenvalue weighted by molar-refractivity contribution is 0.321. The van der Waals surface area contributed by atoms with Crippen LogP contribution in [0.3, 0.4) is 0 Å². The van der Waals surface area contributed by atoms with Crippen LogP contribution in [0, 0.1) is 11.6 Å². The third-order valence-corrected chi connectivity index (χ3v) is 1.50. The lowest BCUT2D eigenvalue weighted by atomic mass is 10.2. The van der Waals surface area contributed by atoms with Crippen molar-refractivity contribution in [2.45, 2.75) is 0 Å². The number of hydrogen-bond donors (Lipinski definition) is 1. The molecule has 1 aromatic rings. The lowest BCUT2D eigenvalue weighted by Gasteiger charge is -2.04. The summed E-state index contributed by atoms with van der Waals surface area (Å²) in [6.07, 6.45) is 0.775. The Morgan fingerprint density at radius 2 is 2.15 bits per heavy atom. The first-order valence-electron chi connectivity index (χ1n) is 3.40. The number of methoxy groups -OCH3 is 1. The second-order valence-electron chi connectivity index (χ2n) is 2.22. The smallest absolute Gasteiger partial charge is 0.171 e. The summed E-state index contributed by atoms with van der Waals surface area (Å²) in [5.74, 6) is -2.01. The normalized spacial score (nSPS) is 10.7. The van der Waals surface area contributed by atoms with Gasteiger partial charge in [0.1, 0.15) is 5.75 Å². The Balaban J connectivity index is 3.32. The highest BCUT2D eigenvalue weighted by Gasteiger charge is 2.12. The van der Waals surface area contributed by atoms with Crippen LogP contribution in [-0.4, -0.2) is 18.5 Å². The monoisotopic (exact) mass is 187 g/mol. The Hall–Kier alpha value is -1.65. The first-order chi connectivity index (χ1) is 6.20. The maximum absolute atomic E-state index is 13.0. The zero-order valence-electron chi connectivity index (χ0n) is 6.79. The van der Waals surface area contributed by atoms with E-state index in [0.717, 1.165) is 12.3 Å². The molecule has 1 N–H and O–H groups in total. The topological polar surface area (TPSA) is 41.8 Å². The van der Waals surface area contributed by atoms with Crippen molar-refractivity contribution in [3.05, 3.63) is 29.3 Å². The van der Waals surface area contributed by atoms with E-state index in [2.05, 4.69) is 5.16 Å². The third kappa shape index (κ3) is 1.74. The third-order valence-electron chi connectivity index (χ3n) is 1.50. The molecule has 0 saturated carbocycles. The summed E-state index contributed by atoms with van der Waals surface area (Å²) >= 11 is 0. The van der Waals surface area contributed by atoms with Crippen LogP contribution in [0.1, 0.15) is 5.56 Å². The molecule has 0 aliphatic heterocycles. The molecule has 1 aromatic carbocycles. The molecule has 0 atom stereocenters. The second kappa shape index (κ2) is 3.84. The van der Waals surface area contributed by atoms with Gasteiger partial charge in [0, 0.05) is 0 Å². The maximum Gasteiger partial charge on any atom is 0.171 e. The molecule has 0 spiro atoms. The maximum atomic E-state index is 13.0. The van der Waals surface area contributed by atoms with Gasteiger partial charge < -0.3 is 9.94 Å². The first-order valence-corrected chi connectivity index (χ1v) is 3.40. The Morgan fingerprint density at radius 3 is 2.69 bits per heavy atom. The molecule has 13 heavy (non-hydrogen) atoms. The van der Waals surface area contributed by atoms with Crippen molar-refractivity contribution in [2.24, 2.45) is 5.16 Å². The number of nitrogens with zero attached hydrogens (tertiary/aromatic N) is 1. The molecule has 0 aliphatic carbocycles. The highest BCUT2D eigenvalue weighted by Crippen LogP contribution is 2.21. The fraction of sp³-hybridized carbons (Fsp3) is 0.125. The van der Waals surface area contributed by atoms with Crippen LogP contribution in [0.15, 0.2) is 17.3 Å². The Bertz CT molecular complexity index is 339. The van der Waals surface area contributed by atoms with Crippen LogP contribution in [0.25, 0.3) is 0 Å². The Morgan fingerprint density at radius 1 is 1.46 bits per heavy atom. The summed E-state index contributed by atoms with van der Waals surface area (Å²) in [5, 5.41) is 10.8. The molecule has 0 fully saturated rings. The van der Waals surface area contributed by atoms with Crippen LogP contribution in [0.5, 0.6) is 5.75 Å². The van der Waals surface area contributed by atoms with Gasteiger partial charge in [0.25, 0.3) is 0 Å². The van der Waals surface area contributed by atoms with Gasteiger partial charge >= 0.3 is 0 Å². The molecule has 1 rings (SSSR count). The molecule has 5 heteroatoms. The molecule has 0 bridgehead atoms. The van der Waals surface area contributed by atoms with Crippen molar-refractivity contribution in [1.82, 2.24) is 0 Å². The van der Waals surface area contributed by atoms with Gasteiger partial charge in [-0.1, -0.05) is 5.16 Å². The Kier molecular flexibility index (Phi) is 2.79. The lowest BCUT2D eigenvalue weighted by Crippen LogP contribution is -1.97. The fourth-order valence-corrected chi connectivity index (χ4v) is 0.905. The predicted molar refractivity (Wildman–Crippen MR) is 42.3 cm³/mol. The molecule has 0 saturated heterocycles. The highest BCUT2D eigenvalue weighted by molar-refractivity contribution is 5.83. The van der Waals surface area contributed by atoms with E-state index in [1.165, 1.54) is 13.2 Å². The van der Waals surface area contributed by atoms with Crippen molar-refractivity contribution < 1.29 is 18.7 Å². The zero-order valence-corrected chi connectivity index (χ0v) is 6.79. The second-order valence-corrected chi connectivity index (χ2v) is 2.22. The molecule has 3 nitrogen and oxygen atoms in total. The van der Waals surface area contributed by atoms with Crippen LogP contribution in [-0.2, 0) is 0 Å². The van der Waals surface area contributed by atoms with Gasteiger partial charge in [-0.2, -0.15) is 0 Å². The summed E-state index contributed by atoms with van der Waals surface area (Å²) in [6.45, 7) is 0. The molecular weight excluding hydrogens is 180 g/mol. The van der Waals surface area contributed by atoms with E-state index in [0.29, 0.717) is 0 Å². The number of benzene rings is 1. The number of rotatable bonds is 2. The SMILES string of the molecule is COc1ccc(F)c(F)c1/C=N/O. The minimum absolute atomic E-state index is 0.108. The molecule has 0 unspecified atom stereocenters. The number of oxime groups is 1. The Labute approximate surface area is 73.2 Å². The van der Waals surface area contributed by atoms with E-state index in [1.54, 1.807) is 0 Å². The minimum Gasteiger partial charge on any atom is -0.496 e. The first kappa shape index (κ1) is 9.44. The van der Waals surface area contributed by atoms with Crippen LogP contribution in [0.2, 0.25) is 0 Å². The molecule has 0 heterocycles. The van der Waals surface area contributed by atoms with Crippen LogP contribution in [0.4, 0.5) is 8.78 Å². The summed E-state index contributed by atoms with van der Waals surface area (Å²) in [6, 6.07) is 2.18. The fourth-order valence-electron chi connectivity index (χ4n) is 0.905. The molecule has 0 aromatic heterocycles. The number of hydrogen-bond acceptors (Lipinski definition) is 3. The zero-order chi connectivity index (χ0) is 9.84. The van der Waals surface area contributed by atoms with Gasteiger partial charge in [0.2, 0.25) is 0 Å². The molecule has 0 aliphatic rings. The van der Waals surface area contributed by atoms with E-state index in [9.17, 15) is 8.78 Å². The van der Waals surface area contributed by atoms with Crippen molar-refractivity contribution >= 4 is 6.21 Å². The number of ether oxygens (including phenoxy) is 1. The summed E-state index contributed by atoms with van der Waals surface area (Å²) in [7, 11) is 1.31. The minimum atomic E-state index is -1.10. The highest BCUT2D eigenvalue weighted by atomic mass is 19.2. The van der Waals surface area contributed by atoms with Crippen LogP contribution >= 0.6 is 0 Å². The van der Waals surface area contributed by atoms with E-state index >= 15 is 0 Å². The van der Waals surface area contributed by atoms with Gasteiger partial charge in [0.05, 0.1) is 18.9 Å². The molecule has 70 valence electrons. The van der Waals surface area contributed by atoms with Crippen molar-refractivity contribution in [3.8, 4) is 5.75 Å². The predicted octanol–water partition coefficient (Wildman–Crippen LogP) is 1.78. The average molecular weight is 187 g/mol. The van der Waals surface area contributed by atoms with E-state index < -0.39 is 11.6 Å². The van der Waals surface area contributed by atoms with E-state index in [4.69, 9.17) is 9.94 Å². The van der Waals surface area contributed by atoms with Gasteiger partial charge in [-0.3, -0.25) is 0 Å². The standard InChI is InChI=1S/C8H7F2NO2/c1-13-7-3-2-6(9)8(10)5(7)4-11-12/h2-4,12H,1H3/b11-4+. The summed E-state index contributed by atoms with van der Waals surface area (Å²) in [4.78, 5) is 0. The summed E-state index contributed by atoms with van der Waals surface area (Å²) < 4.78 is 30.3. The van der Waals surface area contributed by atoms with Gasteiger partial charge in [-0.05, 0) is 12.1 Å². The quantitative estimate of drug-likeness (QED) is 0.435. The summed E-state index contributed by atoms with van der Waals surface area (Å²) in [5.41, 5.74) is -0.218. The van der Waals surface area contributed by atoms with E-state index in [-0.39, 0.29) is 11.3 Å². The molecule has 0 radical (unpaired) electrons. The van der Waals surface area contributed by atoms with Crippen molar-refractivity contribution in [3.63, 3.8) is 0 Å². The van der Waals surface area contributed by atoms with E-state index in [1.807, 2.05) is 0 Å². The number of halogens is 2. The van der Waals surface area contributed by atoms with Crippen LogP contribution < -0.4 is 4.74 Å². The van der Waals surface area contributed by atoms with Gasteiger partial charge in [0.15, 0.2) is 11.6 Å².